The van der Waals surface area contributed by atoms with Gasteiger partial charge in [0, 0.05) is 42.8 Å². The van der Waals surface area contributed by atoms with E-state index in [9.17, 15) is 49.9 Å². The van der Waals surface area contributed by atoms with Gasteiger partial charge in [0.25, 0.3) is 5.69 Å². The zero-order valence-corrected chi connectivity index (χ0v) is 20.2. The lowest BCUT2D eigenvalue weighted by Gasteiger charge is -2.36. The van der Waals surface area contributed by atoms with Crippen LogP contribution in [0.15, 0.2) is 58.3 Å². The molecule has 0 bridgehead atoms. The topological polar surface area (TPSA) is 83.8 Å². The highest BCUT2D eigenvalue weighted by Crippen LogP contribution is 2.54. The molecule has 16 heteroatoms. The van der Waals surface area contributed by atoms with Crippen molar-refractivity contribution in [3.63, 3.8) is 0 Å². The molecule has 202 valence electrons. The molecule has 1 amide bonds. The van der Waals surface area contributed by atoms with Crippen molar-refractivity contribution in [1.29, 1.82) is 0 Å². The number of nitro groups is 1. The number of rotatable bonds is 8. The van der Waals surface area contributed by atoms with Gasteiger partial charge in [-0.05, 0) is 36.0 Å². The first-order valence-corrected chi connectivity index (χ1v) is 12.5. The molecular formula is C21H18F7N3O4S2. The lowest BCUT2D eigenvalue weighted by Crippen LogP contribution is -2.50. The molecule has 1 unspecified atom stereocenters. The van der Waals surface area contributed by atoms with Crippen LogP contribution in [0.2, 0.25) is 0 Å². The van der Waals surface area contributed by atoms with E-state index in [4.69, 9.17) is 0 Å². The van der Waals surface area contributed by atoms with Crippen molar-refractivity contribution in [3.05, 3.63) is 58.6 Å². The minimum Gasteiger partial charge on any atom is -0.368 e. The Labute approximate surface area is 212 Å². The SMILES string of the molecule is O=C(CS(=O)c1ccc(SC(F)(F)C(F)(F)C(F)(F)F)cc1[N+](=O)[O-])N1CCN(c2ccccc2)CC1. The summed E-state index contributed by atoms with van der Waals surface area (Å²) in [4.78, 5) is 24.8. The second-order valence-corrected chi connectivity index (χ2v) is 10.4. The fourth-order valence-corrected chi connectivity index (χ4v) is 5.40. The summed E-state index contributed by atoms with van der Waals surface area (Å²) < 4.78 is 104. The molecule has 1 aliphatic rings. The number of hydrogen-bond acceptors (Lipinski definition) is 6. The van der Waals surface area contributed by atoms with Gasteiger partial charge in [-0.3, -0.25) is 19.1 Å². The van der Waals surface area contributed by atoms with Crippen molar-refractivity contribution >= 4 is 39.8 Å². The van der Waals surface area contributed by atoms with E-state index in [1.807, 2.05) is 35.2 Å². The fourth-order valence-electron chi connectivity index (χ4n) is 3.41. The summed E-state index contributed by atoms with van der Waals surface area (Å²) in [5.74, 6) is -7.69. The fraction of sp³-hybridized carbons (Fsp3) is 0.381. The Morgan fingerprint density at radius 2 is 1.57 bits per heavy atom. The van der Waals surface area contributed by atoms with Crippen molar-refractivity contribution in [1.82, 2.24) is 4.90 Å². The number of piperazine rings is 1. The van der Waals surface area contributed by atoms with E-state index in [0.717, 1.165) is 5.69 Å². The van der Waals surface area contributed by atoms with Crippen LogP contribution in [-0.2, 0) is 15.6 Å². The third kappa shape index (κ3) is 6.34. The Balaban J connectivity index is 1.70. The molecule has 3 rings (SSSR count). The number of alkyl halides is 7. The van der Waals surface area contributed by atoms with Crippen LogP contribution in [0.1, 0.15) is 0 Å². The maximum absolute atomic E-state index is 13.7. The third-order valence-electron chi connectivity index (χ3n) is 5.35. The Bertz CT molecular complexity index is 1170. The van der Waals surface area contributed by atoms with Crippen LogP contribution < -0.4 is 4.90 Å². The van der Waals surface area contributed by atoms with E-state index < -0.39 is 72.0 Å². The number of benzene rings is 2. The monoisotopic (exact) mass is 573 g/mol. The van der Waals surface area contributed by atoms with Crippen molar-refractivity contribution in [2.45, 2.75) is 27.1 Å². The Hall–Kier alpha value is -2.88. The minimum atomic E-state index is -6.57. The number of nitrogens with zero attached hydrogens (tertiary/aromatic N) is 3. The van der Waals surface area contributed by atoms with Gasteiger partial charge in [0.1, 0.15) is 10.6 Å². The molecule has 1 heterocycles. The molecule has 1 fully saturated rings. The molecule has 0 N–H and O–H groups in total. The number of para-hydroxylation sites is 1. The minimum absolute atomic E-state index is 0.283. The molecule has 2 aromatic carbocycles. The van der Waals surface area contributed by atoms with Crippen molar-refractivity contribution < 1.29 is 44.7 Å². The number of carbonyl (C=O) groups is 1. The van der Waals surface area contributed by atoms with E-state index in [1.54, 1.807) is 0 Å². The summed E-state index contributed by atoms with van der Waals surface area (Å²) in [5, 5.41) is 5.72. The zero-order valence-electron chi connectivity index (χ0n) is 18.6. The molecule has 0 saturated carbocycles. The van der Waals surface area contributed by atoms with Gasteiger partial charge in [-0.2, -0.15) is 30.7 Å². The van der Waals surface area contributed by atoms with Crippen molar-refractivity contribution in [2.24, 2.45) is 0 Å². The van der Waals surface area contributed by atoms with Gasteiger partial charge in [0.2, 0.25) is 5.91 Å². The summed E-state index contributed by atoms with van der Waals surface area (Å²) in [6.07, 6.45) is -6.57. The Kier molecular flexibility index (Phi) is 8.41. The van der Waals surface area contributed by atoms with Crippen LogP contribution in [0.5, 0.6) is 0 Å². The maximum Gasteiger partial charge on any atom is 0.460 e. The number of carbonyl (C=O) groups excluding carboxylic acids is 1. The summed E-state index contributed by atoms with van der Waals surface area (Å²) in [6, 6.07) is 11.0. The first kappa shape index (κ1) is 28.7. The number of halogens is 7. The second kappa shape index (κ2) is 10.8. The van der Waals surface area contributed by atoms with Crippen molar-refractivity contribution in [2.75, 3.05) is 36.8 Å². The first-order chi connectivity index (χ1) is 17.1. The van der Waals surface area contributed by atoms with Gasteiger partial charge in [-0.15, -0.1) is 0 Å². The standard InChI is InChI=1S/C21H18F7N3O4S2/c22-19(23,20(24,25)26)21(27,28)36-15-6-7-17(16(12-15)31(33)34)37(35)13-18(32)30-10-8-29(9-11-30)14-4-2-1-3-5-14/h1-7,12H,8-11,13H2. The van der Waals surface area contributed by atoms with E-state index in [1.165, 1.54) is 4.90 Å². The zero-order chi connectivity index (χ0) is 27.6. The summed E-state index contributed by atoms with van der Waals surface area (Å²) in [5.41, 5.74) is -0.110. The number of nitro benzene ring substituents is 1. The predicted molar refractivity (Wildman–Crippen MR) is 121 cm³/mol. The van der Waals surface area contributed by atoms with Crippen LogP contribution in [-0.4, -0.2) is 69.2 Å². The first-order valence-electron chi connectivity index (χ1n) is 10.4. The smallest absolute Gasteiger partial charge is 0.368 e. The molecule has 7 nitrogen and oxygen atoms in total. The predicted octanol–water partition coefficient (Wildman–Crippen LogP) is 4.93. The van der Waals surface area contributed by atoms with Gasteiger partial charge in [-0.25, -0.2) is 0 Å². The van der Waals surface area contributed by atoms with E-state index >= 15 is 0 Å². The largest absolute Gasteiger partial charge is 0.460 e. The Morgan fingerprint density at radius 1 is 0.973 bits per heavy atom. The molecule has 0 aromatic heterocycles. The molecule has 0 aliphatic carbocycles. The van der Waals surface area contributed by atoms with Crippen molar-refractivity contribution in [3.8, 4) is 0 Å². The molecule has 1 aliphatic heterocycles. The summed E-state index contributed by atoms with van der Waals surface area (Å²) in [6.45, 7) is 1.52. The number of amides is 1. The van der Waals surface area contributed by atoms with Crippen LogP contribution >= 0.6 is 11.8 Å². The lowest BCUT2D eigenvalue weighted by molar-refractivity contribution is -0.388. The molecular weight excluding hydrogens is 555 g/mol. The highest BCUT2D eigenvalue weighted by atomic mass is 32.2. The van der Waals surface area contributed by atoms with Gasteiger partial charge in [-0.1, -0.05) is 18.2 Å². The van der Waals surface area contributed by atoms with E-state index in [2.05, 4.69) is 0 Å². The van der Waals surface area contributed by atoms with Crippen LogP contribution in [0, 0.1) is 10.1 Å². The van der Waals surface area contributed by atoms with Gasteiger partial charge in [0.15, 0.2) is 0 Å². The van der Waals surface area contributed by atoms with E-state index in [0.29, 0.717) is 31.3 Å². The Morgan fingerprint density at radius 3 is 2.11 bits per heavy atom. The summed E-state index contributed by atoms with van der Waals surface area (Å²) in [7, 11) is -2.33. The maximum atomic E-state index is 13.7. The average Bonchev–Trinajstić information content (AvgIpc) is 2.83. The van der Waals surface area contributed by atoms with Crippen LogP contribution in [0.25, 0.3) is 0 Å². The summed E-state index contributed by atoms with van der Waals surface area (Å²) >= 11 is -1.22. The average molecular weight is 574 g/mol. The van der Waals surface area contributed by atoms with Gasteiger partial charge in [0.05, 0.1) is 15.7 Å². The van der Waals surface area contributed by atoms with Gasteiger partial charge < -0.3 is 9.80 Å². The van der Waals surface area contributed by atoms with Crippen LogP contribution in [0.4, 0.5) is 42.1 Å². The quantitative estimate of drug-likeness (QED) is 0.193. The lowest BCUT2D eigenvalue weighted by atomic mass is 10.2. The molecule has 37 heavy (non-hydrogen) atoms. The highest BCUT2D eigenvalue weighted by Gasteiger charge is 2.73. The molecule has 0 spiro atoms. The number of hydrogen-bond donors (Lipinski definition) is 0. The normalized spacial score (nSPS) is 16.0. The molecule has 1 saturated heterocycles. The number of thioether (sulfide) groups is 1. The highest BCUT2D eigenvalue weighted by molar-refractivity contribution is 8.00. The molecule has 0 radical (unpaired) electrons. The molecule has 1 atom stereocenters. The molecule has 2 aromatic rings. The second-order valence-electron chi connectivity index (χ2n) is 7.77. The third-order valence-corrected chi connectivity index (χ3v) is 7.70. The van der Waals surface area contributed by atoms with Gasteiger partial charge >= 0.3 is 17.4 Å². The van der Waals surface area contributed by atoms with Crippen LogP contribution in [0.3, 0.4) is 0 Å². The van der Waals surface area contributed by atoms with E-state index in [-0.39, 0.29) is 13.1 Å². The number of anilines is 1.